The first-order valence-electron chi connectivity index (χ1n) is 5.98. The van der Waals surface area contributed by atoms with Crippen molar-refractivity contribution in [2.75, 3.05) is 0 Å². The molecule has 1 fully saturated rings. The van der Waals surface area contributed by atoms with Gasteiger partial charge in [0.2, 0.25) is 0 Å². The minimum absolute atomic E-state index is 0.333. The number of halogens is 1. The van der Waals surface area contributed by atoms with Gasteiger partial charge in [0.25, 0.3) is 0 Å². The van der Waals surface area contributed by atoms with Crippen LogP contribution in [0.3, 0.4) is 0 Å². The van der Waals surface area contributed by atoms with Gasteiger partial charge in [0.1, 0.15) is 5.82 Å². The Kier molecular flexibility index (Phi) is 2.60. The van der Waals surface area contributed by atoms with Crippen LogP contribution in [0.25, 0.3) is 11.1 Å². The molecule has 3 nitrogen and oxygen atoms in total. The van der Waals surface area contributed by atoms with Crippen molar-refractivity contribution in [1.29, 1.82) is 5.26 Å². The summed E-state index contributed by atoms with van der Waals surface area (Å²) in [6.07, 6.45) is 6.17. The first kappa shape index (κ1) is 11.0. The van der Waals surface area contributed by atoms with Crippen LogP contribution in [0.15, 0.2) is 30.6 Å². The van der Waals surface area contributed by atoms with E-state index in [9.17, 15) is 4.39 Å². The van der Waals surface area contributed by atoms with Crippen molar-refractivity contribution in [2.45, 2.75) is 19.4 Å². The van der Waals surface area contributed by atoms with E-state index >= 15 is 0 Å². The van der Waals surface area contributed by atoms with Crippen LogP contribution in [0.2, 0.25) is 0 Å². The Labute approximate surface area is 104 Å². The molecule has 0 radical (unpaired) electrons. The number of nitriles is 1. The molecule has 1 saturated carbocycles. The highest BCUT2D eigenvalue weighted by Crippen LogP contribution is 2.31. The molecule has 0 saturated heterocycles. The van der Waals surface area contributed by atoms with Crippen molar-refractivity contribution in [1.82, 2.24) is 9.78 Å². The van der Waals surface area contributed by atoms with Gasteiger partial charge in [-0.25, -0.2) is 4.39 Å². The summed E-state index contributed by atoms with van der Waals surface area (Å²) in [5.74, 6) is 0.360. The Morgan fingerprint density at radius 3 is 2.89 bits per heavy atom. The van der Waals surface area contributed by atoms with Crippen LogP contribution in [0.1, 0.15) is 18.4 Å². The molecule has 90 valence electrons. The smallest absolute Gasteiger partial charge is 0.125 e. The van der Waals surface area contributed by atoms with Crippen molar-refractivity contribution in [3.8, 4) is 17.2 Å². The number of hydrogen-bond acceptors (Lipinski definition) is 2. The molecule has 0 spiro atoms. The molecule has 0 amide bonds. The Morgan fingerprint density at radius 1 is 1.33 bits per heavy atom. The van der Waals surface area contributed by atoms with Crippen LogP contribution in [0.5, 0.6) is 0 Å². The lowest BCUT2D eigenvalue weighted by Crippen LogP contribution is -1.98. The number of rotatable bonds is 3. The van der Waals surface area contributed by atoms with Crippen LogP contribution in [-0.2, 0) is 6.54 Å². The Hall–Kier alpha value is -2.15. The maximum atomic E-state index is 13.3. The van der Waals surface area contributed by atoms with Crippen molar-refractivity contribution < 1.29 is 4.39 Å². The summed E-state index contributed by atoms with van der Waals surface area (Å²) in [5, 5.41) is 13.1. The molecule has 0 unspecified atom stereocenters. The second-order valence-corrected chi connectivity index (χ2v) is 4.73. The zero-order chi connectivity index (χ0) is 12.5. The number of aromatic nitrogens is 2. The van der Waals surface area contributed by atoms with E-state index in [1.54, 1.807) is 12.3 Å². The minimum atomic E-state index is -0.390. The standard InChI is InChI=1S/C14H12FN3/c15-14-4-11(6-16)3-12(5-14)13-7-17-18(9-13)8-10-1-2-10/h3-5,7,9-10H,1-2,8H2. The molecular formula is C14H12FN3. The third kappa shape index (κ3) is 2.25. The van der Waals surface area contributed by atoms with Gasteiger partial charge in [-0.3, -0.25) is 4.68 Å². The Bertz CT molecular complexity index is 620. The molecule has 0 aliphatic heterocycles. The number of hydrogen-bond donors (Lipinski definition) is 0. The Morgan fingerprint density at radius 2 is 2.17 bits per heavy atom. The van der Waals surface area contributed by atoms with E-state index in [-0.39, 0.29) is 5.82 Å². The van der Waals surface area contributed by atoms with Gasteiger partial charge in [-0.2, -0.15) is 10.4 Å². The van der Waals surface area contributed by atoms with Gasteiger partial charge >= 0.3 is 0 Å². The minimum Gasteiger partial charge on any atom is -0.272 e. The average molecular weight is 241 g/mol. The molecule has 2 aromatic rings. The lowest BCUT2D eigenvalue weighted by atomic mass is 10.1. The number of nitrogens with zero attached hydrogens (tertiary/aromatic N) is 3. The lowest BCUT2D eigenvalue weighted by molar-refractivity contribution is 0.563. The van der Waals surface area contributed by atoms with Gasteiger partial charge < -0.3 is 0 Å². The van der Waals surface area contributed by atoms with Crippen LogP contribution in [0.4, 0.5) is 4.39 Å². The van der Waals surface area contributed by atoms with E-state index in [0.717, 1.165) is 18.0 Å². The number of benzene rings is 1. The zero-order valence-corrected chi connectivity index (χ0v) is 9.81. The monoisotopic (exact) mass is 241 g/mol. The predicted molar refractivity (Wildman–Crippen MR) is 65.1 cm³/mol. The van der Waals surface area contributed by atoms with E-state index in [0.29, 0.717) is 11.1 Å². The topological polar surface area (TPSA) is 41.6 Å². The molecule has 1 aromatic carbocycles. The largest absolute Gasteiger partial charge is 0.272 e. The van der Waals surface area contributed by atoms with Crippen LogP contribution >= 0.6 is 0 Å². The fourth-order valence-corrected chi connectivity index (χ4v) is 2.00. The highest BCUT2D eigenvalue weighted by atomic mass is 19.1. The summed E-state index contributed by atoms with van der Waals surface area (Å²) >= 11 is 0. The van der Waals surface area contributed by atoms with Crippen LogP contribution < -0.4 is 0 Å². The van der Waals surface area contributed by atoms with Gasteiger partial charge in [0.05, 0.1) is 17.8 Å². The molecule has 3 rings (SSSR count). The van der Waals surface area contributed by atoms with Gasteiger partial charge in [-0.15, -0.1) is 0 Å². The van der Waals surface area contributed by atoms with Crippen LogP contribution in [0, 0.1) is 23.1 Å². The molecule has 4 heteroatoms. The highest BCUT2D eigenvalue weighted by molar-refractivity contribution is 5.63. The molecule has 1 heterocycles. The first-order chi connectivity index (χ1) is 8.74. The third-order valence-electron chi connectivity index (χ3n) is 3.14. The summed E-state index contributed by atoms with van der Waals surface area (Å²) in [6, 6.07) is 6.31. The van der Waals surface area contributed by atoms with E-state index < -0.39 is 0 Å². The summed E-state index contributed by atoms with van der Waals surface area (Å²) in [7, 11) is 0. The van der Waals surface area contributed by atoms with Gasteiger partial charge in [-0.05, 0) is 42.5 Å². The maximum Gasteiger partial charge on any atom is 0.125 e. The summed E-state index contributed by atoms with van der Waals surface area (Å²) in [6.45, 7) is 0.931. The van der Waals surface area contributed by atoms with E-state index in [1.807, 2.05) is 16.9 Å². The second-order valence-electron chi connectivity index (χ2n) is 4.73. The van der Waals surface area contributed by atoms with E-state index in [2.05, 4.69) is 5.10 Å². The average Bonchev–Trinajstić information content (AvgIpc) is 3.04. The highest BCUT2D eigenvalue weighted by Gasteiger charge is 2.22. The fourth-order valence-electron chi connectivity index (χ4n) is 2.00. The van der Waals surface area contributed by atoms with Gasteiger partial charge in [0, 0.05) is 18.3 Å². The SMILES string of the molecule is N#Cc1cc(F)cc(-c2cnn(CC3CC3)c2)c1. The predicted octanol–water partition coefficient (Wildman–Crippen LogP) is 2.97. The third-order valence-corrected chi connectivity index (χ3v) is 3.14. The maximum absolute atomic E-state index is 13.3. The van der Waals surface area contributed by atoms with Crippen molar-refractivity contribution in [3.05, 3.63) is 42.0 Å². The van der Waals surface area contributed by atoms with E-state index in [4.69, 9.17) is 5.26 Å². The Balaban J connectivity index is 1.91. The van der Waals surface area contributed by atoms with Crippen molar-refractivity contribution in [3.63, 3.8) is 0 Å². The van der Waals surface area contributed by atoms with Gasteiger partial charge in [0.15, 0.2) is 0 Å². The molecule has 18 heavy (non-hydrogen) atoms. The van der Waals surface area contributed by atoms with Gasteiger partial charge in [-0.1, -0.05) is 0 Å². The normalized spacial score (nSPS) is 14.4. The molecule has 0 atom stereocenters. The zero-order valence-electron chi connectivity index (χ0n) is 9.81. The molecule has 0 N–H and O–H groups in total. The molecular weight excluding hydrogens is 229 g/mol. The molecule has 1 aliphatic carbocycles. The molecule has 1 aromatic heterocycles. The summed E-state index contributed by atoms with van der Waals surface area (Å²) < 4.78 is 15.2. The van der Waals surface area contributed by atoms with Crippen molar-refractivity contribution >= 4 is 0 Å². The quantitative estimate of drug-likeness (QED) is 0.829. The summed E-state index contributed by atoms with van der Waals surface area (Å²) in [5.41, 5.74) is 1.89. The molecule has 1 aliphatic rings. The summed E-state index contributed by atoms with van der Waals surface area (Å²) in [4.78, 5) is 0. The first-order valence-corrected chi connectivity index (χ1v) is 5.98. The lowest BCUT2D eigenvalue weighted by Gasteiger charge is -1.99. The fraction of sp³-hybridized carbons (Fsp3) is 0.286. The van der Waals surface area contributed by atoms with E-state index in [1.165, 1.54) is 25.0 Å². The molecule has 0 bridgehead atoms. The van der Waals surface area contributed by atoms with Crippen LogP contribution in [-0.4, -0.2) is 9.78 Å². The second kappa shape index (κ2) is 4.26. The van der Waals surface area contributed by atoms with Crippen molar-refractivity contribution in [2.24, 2.45) is 5.92 Å².